The first-order chi connectivity index (χ1) is 15.0. The Morgan fingerprint density at radius 1 is 1.00 bits per heavy atom. The van der Waals surface area contributed by atoms with Crippen LogP contribution in [0.15, 0.2) is 90.0 Å². The van der Waals surface area contributed by atoms with Crippen LogP contribution in [-0.2, 0) is 17.9 Å². The molecule has 2 aromatic carbocycles. The Morgan fingerprint density at radius 2 is 1.71 bits per heavy atom. The normalized spacial score (nSPS) is 10.8. The van der Waals surface area contributed by atoms with Crippen LogP contribution >= 0.6 is 11.6 Å². The van der Waals surface area contributed by atoms with Gasteiger partial charge in [0.25, 0.3) is 5.56 Å². The van der Waals surface area contributed by atoms with Gasteiger partial charge in [0, 0.05) is 48.2 Å². The second kappa shape index (κ2) is 9.02. The summed E-state index contributed by atoms with van der Waals surface area (Å²) < 4.78 is 3.20. The molecular formula is C24H21ClN4O2. The van der Waals surface area contributed by atoms with Crippen LogP contribution in [0.1, 0.15) is 5.56 Å². The number of rotatable bonds is 6. The van der Waals surface area contributed by atoms with Crippen LogP contribution in [0.3, 0.4) is 0 Å². The molecule has 6 nitrogen and oxygen atoms in total. The average Bonchev–Trinajstić information content (AvgIpc) is 3.20. The fraction of sp³-hybridized carbons (Fsp3) is 0.125. The molecule has 0 aliphatic carbocycles. The summed E-state index contributed by atoms with van der Waals surface area (Å²) >= 11 is 6.05. The van der Waals surface area contributed by atoms with Gasteiger partial charge >= 0.3 is 0 Å². The van der Waals surface area contributed by atoms with Gasteiger partial charge in [-0.1, -0.05) is 48.0 Å². The van der Waals surface area contributed by atoms with Gasteiger partial charge in [0.2, 0.25) is 5.91 Å². The minimum absolute atomic E-state index is 0.0146. The number of amides is 1. The summed E-state index contributed by atoms with van der Waals surface area (Å²) in [5, 5.41) is 5.42. The summed E-state index contributed by atoms with van der Waals surface area (Å²) in [5.74, 6) is -0.164. The number of nitrogens with zero attached hydrogens (tertiary/aromatic N) is 4. The third kappa shape index (κ3) is 4.75. The zero-order valence-corrected chi connectivity index (χ0v) is 17.7. The number of carbonyl (C=O) groups is 1. The fourth-order valence-corrected chi connectivity index (χ4v) is 3.42. The van der Waals surface area contributed by atoms with Gasteiger partial charge in [0.05, 0.1) is 11.4 Å². The maximum atomic E-state index is 12.8. The zero-order valence-electron chi connectivity index (χ0n) is 17.0. The second-order valence-corrected chi connectivity index (χ2v) is 7.64. The minimum Gasteiger partial charge on any atom is -0.340 e. The van der Waals surface area contributed by atoms with Gasteiger partial charge in [0.1, 0.15) is 6.54 Å². The van der Waals surface area contributed by atoms with E-state index in [1.165, 1.54) is 10.6 Å². The lowest BCUT2D eigenvalue weighted by Gasteiger charge is -2.18. The highest BCUT2D eigenvalue weighted by atomic mass is 35.5. The Labute approximate surface area is 184 Å². The quantitative estimate of drug-likeness (QED) is 0.462. The molecule has 0 radical (unpaired) electrons. The Hall–Kier alpha value is -3.64. The minimum atomic E-state index is -0.206. The van der Waals surface area contributed by atoms with Crippen molar-refractivity contribution in [1.82, 2.24) is 19.2 Å². The Bertz CT molecular complexity index is 1250. The molecule has 7 heteroatoms. The highest BCUT2D eigenvalue weighted by molar-refractivity contribution is 6.30. The summed E-state index contributed by atoms with van der Waals surface area (Å²) in [6.07, 6.45) is 3.54. The predicted molar refractivity (Wildman–Crippen MR) is 121 cm³/mol. The maximum absolute atomic E-state index is 12.8. The molecule has 1 amide bonds. The molecule has 0 unspecified atom stereocenters. The van der Waals surface area contributed by atoms with Crippen molar-refractivity contribution < 1.29 is 4.79 Å². The number of hydrogen-bond donors (Lipinski definition) is 0. The van der Waals surface area contributed by atoms with Gasteiger partial charge in [-0.2, -0.15) is 5.10 Å². The van der Waals surface area contributed by atoms with Crippen molar-refractivity contribution in [3.8, 4) is 16.9 Å². The predicted octanol–water partition coefficient (Wildman–Crippen LogP) is 4.01. The van der Waals surface area contributed by atoms with E-state index in [1.54, 1.807) is 35.0 Å². The molecule has 4 rings (SSSR count). The summed E-state index contributed by atoms with van der Waals surface area (Å²) in [6, 6.07) is 22.1. The van der Waals surface area contributed by atoms with Gasteiger partial charge < -0.3 is 9.47 Å². The third-order valence-corrected chi connectivity index (χ3v) is 5.22. The number of hydrogen-bond acceptors (Lipinski definition) is 3. The van der Waals surface area contributed by atoms with Crippen molar-refractivity contribution in [3.63, 3.8) is 0 Å². The molecule has 0 aliphatic heterocycles. The number of para-hydroxylation sites is 1. The van der Waals surface area contributed by atoms with E-state index >= 15 is 0 Å². The van der Waals surface area contributed by atoms with Crippen LogP contribution in [0, 0.1) is 0 Å². The van der Waals surface area contributed by atoms with E-state index in [-0.39, 0.29) is 18.0 Å². The van der Waals surface area contributed by atoms with E-state index in [2.05, 4.69) is 0 Å². The number of carbonyl (C=O) groups excluding carboxylic acids is 1. The van der Waals surface area contributed by atoms with E-state index < -0.39 is 0 Å². The van der Waals surface area contributed by atoms with E-state index in [1.807, 2.05) is 60.8 Å². The van der Waals surface area contributed by atoms with Crippen molar-refractivity contribution in [1.29, 1.82) is 0 Å². The number of pyridine rings is 1. The monoisotopic (exact) mass is 432 g/mol. The largest absolute Gasteiger partial charge is 0.340 e. The van der Waals surface area contributed by atoms with Crippen LogP contribution in [0.5, 0.6) is 0 Å². The van der Waals surface area contributed by atoms with Crippen molar-refractivity contribution in [3.05, 3.63) is 106 Å². The molecule has 0 atom stereocenters. The Balaban J connectivity index is 1.63. The standard InChI is InChI=1S/C24H21ClN4O2/c1-27(23(31)17-28-14-6-5-9-22(28)30)15-19-16-29(21-7-3-2-4-8-21)26-24(19)18-10-12-20(25)13-11-18/h2-14,16H,15,17H2,1H3. The van der Waals surface area contributed by atoms with Gasteiger partial charge in [0.15, 0.2) is 0 Å². The van der Waals surface area contributed by atoms with Gasteiger partial charge in [-0.05, 0) is 30.3 Å². The highest BCUT2D eigenvalue weighted by Gasteiger charge is 2.17. The van der Waals surface area contributed by atoms with Crippen LogP contribution in [-0.4, -0.2) is 32.2 Å². The van der Waals surface area contributed by atoms with Crippen molar-refractivity contribution in [2.75, 3.05) is 7.05 Å². The molecule has 0 saturated carbocycles. The number of aromatic nitrogens is 3. The molecule has 0 fully saturated rings. The SMILES string of the molecule is CN(Cc1cn(-c2ccccc2)nc1-c1ccc(Cl)cc1)C(=O)Cn1ccccc1=O. The summed E-state index contributed by atoms with van der Waals surface area (Å²) in [7, 11) is 1.72. The lowest BCUT2D eigenvalue weighted by molar-refractivity contribution is -0.131. The average molecular weight is 433 g/mol. The number of benzene rings is 2. The highest BCUT2D eigenvalue weighted by Crippen LogP contribution is 2.26. The van der Waals surface area contributed by atoms with Crippen LogP contribution in [0.2, 0.25) is 5.02 Å². The Kier molecular flexibility index (Phi) is 6.00. The van der Waals surface area contributed by atoms with Crippen LogP contribution in [0.4, 0.5) is 0 Å². The van der Waals surface area contributed by atoms with Crippen molar-refractivity contribution >= 4 is 17.5 Å². The van der Waals surface area contributed by atoms with E-state index in [4.69, 9.17) is 16.7 Å². The van der Waals surface area contributed by atoms with Crippen LogP contribution < -0.4 is 5.56 Å². The fourth-order valence-electron chi connectivity index (χ4n) is 3.29. The molecule has 156 valence electrons. The summed E-state index contributed by atoms with van der Waals surface area (Å²) in [6.45, 7) is 0.338. The molecule has 31 heavy (non-hydrogen) atoms. The molecule has 0 N–H and O–H groups in total. The molecule has 0 aliphatic rings. The third-order valence-electron chi connectivity index (χ3n) is 4.97. The van der Waals surface area contributed by atoms with Crippen molar-refractivity contribution in [2.24, 2.45) is 0 Å². The number of halogens is 1. The van der Waals surface area contributed by atoms with Crippen molar-refractivity contribution in [2.45, 2.75) is 13.1 Å². The van der Waals surface area contributed by atoms with E-state index in [0.29, 0.717) is 11.6 Å². The lowest BCUT2D eigenvalue weighted by atomic mass is 10.1. The topological polar surface area (TPSA) is 60.1 Å². The van der Waals surface area contributed by atoms with Gasteiger partial charge in [-0.3, -0.25) is 9.59 Å². The molecule has 2 aromatic heterocycles. The maximum Gasteiger partial charge on any atom is 0.250 e. The zero-order chi connectivity index (χ0) is 21.8. The molecule has 2 heterocycles. The molecule has 0 saturated heterocycles. The molecular weight excluding hydrogens is 412 g/mol. The smallest absolute Gasteiger partial charge is 0.250 e. The van der Waals surface area contributed by atoms with Crippen LogP contribution in [0.25, 0.3) is 16.9 Å². The first-order valence-corrected chi connectivity index (χ1v) is 10.2. The summed E-state index contributed by atoms with van der Waals surface area (Å²) in [4.78, 5) is 26.3. The Morgan fingerprint density at radius 3 is 2.42 bits per heavy atom. The first kappa shape index (κ1) is 20.6. The second-order valence-electron chi connectivity index (χ2n) is 7.21. The first-order valence-electron chi connectivity index (χ1n) is 9.80. The molecule has 0 spiro atoms. The van der Waals surface area contributed by atoms with Gasteiger partial charge in [-0.25, -0.2) is 4.68 Å². The van der Waals surface area contributed by atoms with E-state index in [9.17, 15) is 9.59 Å². The van der Waals surface area contributed by atoms with Gasteiger partial charge in [-0.15, -0.1) is 0 Å². The molecule has 0 bridgehead atoms. The lowest BCUT2D eigenvalue weighted by Crippen LogP contribution is -2.33. The number of likely N-dealkylation sites (N-methyl/N-ethyl adjacent to an activating group) is 1. The van der Waals surface area contributed by atoms with E-state index in [0.717, 1.165) is 22.5 Å². The summed E-state index contributed by atoms with van der Waals surface area (Å²) in [5.41, 5.74) is 3.30. The molecule has 4 aromatic rings.